The van der Waals surface area contributed by atoms with Crippen LogP contribution in [0.2, 0.25) is 5.02 Å². The summed E-state index contributed by atoms with van der Waals surface area (Å²) in [6.07, 6.45) is 0. The van der Waals surface area contributed by atoms with E-state index in [0.717, 1.165) is 10.7 Å². The third kappa shape index (κ3) is 2.37. The van der Waals surface area contributed by atoms with Crippen LogP contribution in [0.15, 0.2) is 72.8 Å². The topological polar surface area (TPSA) is 30.9 Å². The average Bonchev–Trinajstić information content (AvgIpc) is 2.91. The minimum absolute atomic E-state index is 0.754. The van der Waals surface area contributed by atoms with Gasteiger partial charge in [0.25, 0.3) is 0 Å². The van der Waals surface area contributed by atoms with Crippen molar-refractivity contribution in [2.24, 2.45) is 5.73 Å². The van der Waals surface area contributed by atoms with Crippen molar-refractivity contribution in [3.05, 3.63) is 77.8 Å². The average molecular weight is 309 g/mol. The van der Waals surface area contributed by atoms with Crippen LogP contribution in [0.25, 0.3) is 27.5 Å². The fraction of sp³-hybridized carbons (Fsp3) is 0.0526. The van der Waals surface area contributed by atoms with Crippen LogP contribution < -0.4 is 5.73 Å². The van der Waals surface area contributed by atoms with Gasteiger partial charge in [-0.2, -0.15) is 0 Å². The highest BCUT2D eigenvalue weighted by Gasteiger charge is 2.10. The molecular weight excluding hydrogens is 292 g/mol. The van der Waals surface area contributed by atoms with Crippen molar-refractivity contribution in [1.82, 2.24) is 4.57 Å². The van der Waals surface area contributed by atoms with Crippen LogP contribution in [0.1, 0.15) is 0 Å². The fourth-order valence-electron chi connectivity index (χ4n) is 2.82. The second-order valence-electron chi connectivity index (χ2n) is 4.85. The van der Waals surface area contributed by atoms with Crippen molar-refractivity contribution >= 4 is 33.4 Å². The first kappa shape index (κ1) is 14.6. The van der Waals surface area contributed by atoms with Crippen LogP contribution in [0.4, 0.5) is 0 Å². The fourth-order valence-corrected chi connectivity index (χ4v) is 3.00. The van der Waals surface area contributed by atoms with Gasteiger partial charge in [0.2, 0.25) is 0 Å². The zero-order valence-electron chi connectivity index (χ0n) is 12.3. The van der Waals surface area contributed by atoms with Gasteiger partial charge in [-0.3, -0.25) is 0 Å². The number of aromatic nitrogens is 1. The molecule has 1 aromatic heterocycles. The molecule has 0 saturated carbocycles. The van der Waals surface area contributed by atoms with Crippen molar-refractivity contribution in [3.63, 3.8) is 0 Å². The molecule has 0 amide bonds. The van der Waals surface area contributed by atoms with Gasteiger partial charge >= 0.3 is 0 Å². The van der Waals surface area contributed by atoms with Crippen molar-refractivity contribution < 1.29 is 0 Å². The molecule has 0 aliphatic rings. The predicted octanol–water partition coefficient (Wildman–Crippen LogP) is 5.01. The first-order chi connectivity index (χ1) is 10.8. The van der Waals surface area contributed by atoms with Crippen LogP contribution in [-0.2, 0) is 0 Å². The maximum absolute atomic E-state index is 6.15. The Bertz CT molecular complexity index is 872. The molecule has 2 N–H and O–H groups in total. The second-order valence-corrected chi connectivity index (χ2v) is 5.29. The molecule has 3 aromatic carbocycles. The van der Waals surface area contributed by atoms with Gasteiger partial charge in [-0.05, 0) is 37.4 Å². The van der Waals surface area contributed by atoms with Gasteiger partial charge in [-0.15, -0.1) is 0 Å². The molecule has 4 rings (SSSR count). The van der Waals surface area contributed by atoms with E-state index in [1.165, 1.54) is 28.9 Å². The number of halogens is 1. The van der Waals surface area contributed by atoms with Crippen LogP contribution >= 0.6 is 11.6 Å². The molecule has 0 fully saturated rings. The van der Waals surface area contributed by atoms with Gasteiger partial charge in [0, 0.05) is 21.5 Å². The van der Waals surface area contributed by atoms with Gasteiger partial charge in [0.15, 0.2) is 0 Å². The van der Waals surface area contributed by atoms with E-state index in [9.17, 15) is 0 Å². The molecule has 2 nitrogen and oxygen atoms in total. The molecule has 0 radical (unpaired) electrons. The van der Waals surface area contributed by atoms with Gasteiger partial charge in [-0.1, -0.05) is 54.1 Å². The zero-order valence-corrected chi connectivity index (χ0v) is 13.1. The van der Waals surface area contributed by atoms with Crippen LogP contribution in [0.3, 0.4) is 0 Å². The molecule has 4 aromatic rings. The Balaban J connectivity index is 0.000000693. The molecule has 110 valence electrons. The smallest absolute Gasteiger partial charge is 0.0541 e. The molecule has 3 heteroatoms. The van der Waals surface area contributed by atoms with Crippen LogP contribution in [-0.4, -0.2) is 11.6 Å². The summed E-state index contributed by atoms with van der Waals surface area (Å²) in [5.41, 5.74) is 8.00. The number of rotatable bonds is 1. The van der Waals surface area contributed by atoms with Gasteiger partial charge in [-0.25, -0.2) is 0 Å². The molecule has 1 heterocycles. The van der Waals surface area contributed by atoms with Crippen molar-refractivity contribution in [1.29, 1.82) is 0 Å². The lowest BCUT2D eigenvalue weighted by atomic mass is 10.2. The maximum atomic E-state index is 6.15. The first-order valence-corrected chi connectivity index (χ1v) is 7.54. The molecule has 0 unspecified atom stereocenters. The number of nitrogens with zero attached hydrogens (tertiary/aromatic N) is 1. The standard InChI is InChI=1S/C18H12ClN.CH5N/c19-13-6-5-7-14(12-13)20-17-10-3-1-8-15(17)16-9-2-4-11-18(16)20;1-2/h1-12H;2H2,1H3. The van der Waals surface area contributed by atoms with Gasteiger partial charge in [0.1, 0.15) is 0 Å². The Morgan fingerprint density at radius 2 is 1.27 bits per heavy atom. The van der Waals surface area contributed by atoms with Crippen LogP contribution in [0, 0.1) is 0 Å². The molecule has 22 heavy (non-hydrogen) atoms. The molecule has 0 bridgehead atoms. The Morgan fingerprint density at radius 1 is 0.727 bits per heavy atom. The lowest BCUT2D eigenvalue weighted by Crippen LogP contribution is -1.92. The number of benzene rings is 3. The Morgan fingerprint density at radius 3 is 1.82 bits per heavy atom. The quantitative estimate of drug-likeness (QED) is 0.526. The SMILES string of the molecule is CN.Clc1cccc(-n2c3ccccc3c3ccccc32)c1. The van der Waals surface area contributed by atoms with Crippen molar-refractivity contribution in [2.75, 3.05) is 7.05 Å². The number of nitrogens with two attached hydrogens (primary N) is 1. The lowest BCUT2D eigenvalue weighted by molar-refractivity contribution is 1.18. The lowest BCUT2D eigenvalue weighted by Gasteiger charge is -2.07. The van der Waals surface area contributed by atoms with Gasteiger partial charge in [0.05, 0.1) is 11.0 Å². The molecule has 0 atom stereocenters. The molecule has 0 saturated heterocycles. The van der Waals surface area contributed by atoms with E-state index in [2.05, 4.69) is 64.9 Å². The number of para-hydroxylation sites is 2. The summed E-state index contributed by atoms with van der Waals surface area (Å²) in [5, 5.41) is 3.29. The number of hydrogen-bond donors (Lipinski definition) is 1. The Labute approximate surface area is 134 Å². The summed E-state index contributed by atoms with van der Waals surface area (Å²) in [5.74, 6) is 0. The third-order valence-corrected chi connectivity index (χ3v) is 3.88. The summed E-state index contributed by atoms with van der Waals surface area (Å²) in [6, 6.07) is 24.9. The normalized spacial score (nSPS) is 10.5. The molecular formula is C19H17ClN2. The monoisotopic (exact) mass is 308 g/mol. The first-order valence-electron chi connectivity index (χ1n) is 7.16. The van der Waals surface area contributed by atoms with Gasteiger partial charge < -0.3 is 10.3 Å². The Hall–Kier alpha value is -2.29. The maximum Gasteiger partial charge on any atom is 0.0541 e. The third-order valence-electron chi connectivity index (χ3n) is 3.65. The van der Waals surface area contributed by atoms with E-state index in [0.29, 0.717) is 0 Å². The Kier molecular flexibility index (Phi) is 4.14. The second kappa shape index (κ2) is 6.22. The highest BCUT2D eigenvalue weighted by Crippen LogP contribution is 2.32. The molecule has 0 spiro atoms. The number of hydrogen-bond acceptors (Lipinski definition) is 1. The van der Waals surface area contributed by atoms with E-state index < -0.39 is 0 Å². The predicted molar refractivity (Wildman–Crippen MR) is 95.9 cm³/mol. The highest BCUT2D eigenvalue weighted by molar-refractivity contribution is 6.30. The zero-order chi connectivity index (χ0) is 15.5. The van der Waals surface area contributed by atoms with E-state index in [4.69, 9.17) is 11.6 Å². The largest absolute Gasteiger partial charge is 0.333 e. The molecule has 0 aliphatic heterocycles. The summed E-state index contributed by atoms with van der Waals surface area (Å²) >= 11 is 6.15. The summed E-state index contributed by atoms with van der Waals surface area (Å²) in [4.78, 5) is 0. The molecule has 0 aliphatic carbocycles. The van der Waals surface area contributed by atoms with Crippen LogP contribution in [0.5, 0.6) is 0 Å². The van der Waals surface area contributed by atoms with Crippen molar-refractivity contribution in [2.45, 2.75) is 0 Å². The van der Waals surface area contributed by atoms with Crippen molar-refractivity contribution in [3.8, 4) is 5.69 Å². The van der Waals surface area contributed by atoms with E-state index in [1.807, 2.05) is 18.2 Å². The van der Waals surface area contributed by atoms with E-state index >= 15 is 0 Å². The minimum atomic E-state index is 0.754. The summed E-state index contributed by atoms with van der Waals surface area (Å²) in [7, 11) is 1.50. The minimum Gasteiger partial charge on any atom is -0.333 e. The number of fused-ring (bicyclic) bond motifs is 3. The van der Waals surface area contributed by atoms with E-state index in [-0.39, 0.29) is 0 Å². The highest BCUT2D eigenvalue weighted by atomic mass is 35.5. The summed E-state index contributed by atoms with van der Waals surface area (Å²) in [6.45, 7) is 0. The van der Waals surface area contributed by atoms with E-state index in [1.54, 1.807) is 0 Å². The summed E-state index contributed by atoms with van der Waals surface area (Å²) < 4.78 is 2.26.